The summed E-state index contributed by atoms with van der Waals surface area (Å²) in [7, 11) is 0. The molecule has 14 heteroatoms. The fraction of sp³-hybridized carbons (Fsp3) is 0.355. The Labute approximate surface area is 263 Å². The van der Waals surface area contributed by atoms with Crippen molar-refractivity contribution in [2.24, 2.45) is 5.73 Å². The molecule has 2 saturated heterocycles. The van der Waals surface area contributed by atoms with Gasteiger partial charge in [0.25, 0.3) is 5.91 Å². The number of benzene rings is 2. The molecule has 0 unspecified atom stereocenters. The van der Waals surface area contributed by atoms with Gasteiger partial charge in [-0.15, -0.1) is 11.3 Å². The van der Waals surface area contributed by atoms with Crippen LogP contribution in [0.25, 0.3) is 0 Å². The van der Waals surface area contributed by atoms with Gasteiger partial charge in [0, 0.05) is 28.7 Å². The molecule has 5 rings (SSSR count). The maximum Gasteiger partial charge on any atom is 0.251 e. The number of ether oxygens (including phenoxy) is 3. The molecule has 3 heterocycles. The molecular formula is C31H34FN5O7S. The SMILES string of the molecule is NCCCC(=O)Nc1csc(CNC(=O)[C@@H]2CC3(CN2C(=O)CNC(=O)c2ccc(Oc4ccc(F)cc4)cc2)OCCO3)c1. The monoisotopic (exact) mass is 639 g/mol. The summed E-state index contributed by atoms with van der Waals surface area (Å²) in [5.41, 5.74) is 6.39. The van der Waals surface area contributed by atoms with E-state index in [1.54, 1.807) is 35.7 Å². The molecule has 2 aromatic carbocycles. The number of nitrogens with zero attached hydrogens (tertiary/aromatic N) is 1. The van der Waals surface area contributed by atoms with Gasteiger partial charge in [-0.3, -0.25) is 19.2 Å². The third kappa shape index (κ3) is 8.42. The van der Waals surface area contributed by atoms with Crippen molar-refractivity contribution in [1.29, 1.82) is 0 Å². The number of halogens is 1. The number of thiophene rings is 1. The zero-order valence-electron chi connectivity index (χ0n) is 24.4. The van der Waals surface area contributed by atoms with E-state index in [0.717, 1.165) is 4.88 Å². The van der Waals surface area contributed by atoms with E-state index in [4.69, 9.17) is 19.9 Å². The molecule has 238 valence electrons. The largest absolute Gasteiger partial charge is 0.457 e. The quantitative estimate of drug-likeness (QED) is 0.235. The number of hydrogen-bond acceptors (Lipinski definition) is 9. The minimum Gasteiger partial charge on any atom is -0.457 e. The van der Waals surface area contributed by atoms with Gasteiger partial charge in [-0.25, -0.2) is 4.39 Å². The van der Waals surface area contributed by atoms with E-state index in [9.17, 15) is 23.6 Å². The van der Waals surface area contributed by atoms with Crippen LogP contribution in [0.15, 0.2) is 60.0 Å². The van der Waals surface area contributed by atoms with Crippen molar-refractivity contribution >= 4 is 40.7 Å². The second kappa shape index (κ2) is 14.6. The van der Waals surface area contributed by atoms with Crippen molar-refractivity contribution in [3.63, 3.8) is 0 Å². The van der Waals surface area contributed by atoms with E-state index >= 15 is 0 Å². The summed E-state index contributed by atoms with van der Waals surface area (Å²) in [5, 5.41) is 10.1. The molecule has 2 aliphatic rings. The Kier molecular flexibility index (Phi) is 10.4. The molecule has 1 aromatic heterocycles. The van der Waals surface area contributed by atoms with Gasteiger partial charge in [0.2, 0.25) is 17.7 Å². The van der Waals surface area contributed by atoms with E-state index in [2.05, 4.69) is 16.0 Å². The van der Waals surface area contributed by atoms with Crippen LogP contribution in [0.1, 0.15) is 34.5 Å². The third-order valence-electron chi connectivity index (χ3n) is 7.28. The first-order chi connectivity index (χ1) is 21.7. The van der Waals surface area contributed by atoms with Crippen molar-refractivity contribution in [3.05, 3.63) is 76.2 Å². The molecule has 4 amide bonds. The van der Waals surface area contributed by atoms with Crippen molar-refractivity contribution in [3.8, 4) is 11.5 Å². The Morgan fingerprint density at radius 2 is 1.71 bits per heavy atom. The minimum atomic E-state index is -1.08. The smallest absolute Gasteiger partial charge is 0.251 e. The molecule has 12 nitrogen and oxygen atoms in total. The second-order valence-corrected chi connectivity index (χ2v) is 11.6. The van der Waals surface area contributed by atoms with Crippen molar-refractivity contribution in [1.82, 2.24) is 15.5 Å². The topological polar surface area (TPSA) is 161 Å². The Bertz CT molecular complexity index is 1510. The van der Waals surface area contributed by atoms with Gasteiger partial charge in [-0.1, -0.05) is 0 Å². The highest BCUT2D eigenvalue weighted by Gasteiger charge is 2.52. The zero-order chi connectivity index (χ0) is 31.8. The van der Waals surface area contributed by atoms with E-state index in [1.807, 2.05) is 0 Å². The van der Waals surface area contributed by atoms with Gasteiger partial charge in [0.05, 0.1) is 38.5 Å². The Morgan fingerprint density at radius 1 is 1.02 bits per heavy atom. The van der Waals surface area contributed by atoms with Crippen LogP contribution < -0.4 is 26.4 Å². The zero-order valence-corrected chi connectivity index (χ0v) is 25.2. The fourth-order valence-corrected chi connectivity index (χ4v) is 5.79. The molecule has 2 aliphatic heterocycles. The summed E-state index contributed by atoms with van der Waals surface area (Å²) in [6.07, 6.45) is 1.08. The number of carbonyl (C=O) groups is 4. The van der Waals surface area contributed by atoms with Crippen LogP contribution in [0, 0.1) is 5.82 Å². The summed E-state index contributed by atoms with van der Waals surface area (Å²) in [4.78, 5) is 53.6. The molecule has 0 bridgehead atoms. The maximum absolute atomic E-state index is 13.3. The van der Waals surface area contributed by atoms with Gasteiger partial charge in [0.15, 0.2) is 5.79 Å². The minimum absolute atomic E-state index is 0.0488. The molecular weight excluding hydrogens is 605 g/mol. The predicted molar refractivity (Wildman–Crippen MR) is 163 cm³/mol. The van der Waals surface area contributed by atoms with Crippen molar-refractivity contribution in [2.75, 3.05) is 38.2 Å². The highest BCUT2D eigenvalue weighted by Crippen LogP contribution is 2.35. The molecule has 1 spiro atoms. The lowest BCUT2D eigenvalue weighted by Crippen LogP contribution is -2.49. The standard InChI is InChI=1S/C31H34FN5O7S/c32-21-5-9-24(10-6-21)44-23-7-3-20(4-8-23)29(40)35-17-28(39)37-19-31(42-12-13-43-31)15-26(37)30(41)34-16-25-14-22(18-45-25)36-27(38)2-1-11-33/h3-10,14,18,26H,1-2,11-13,15-17,19,33H2,(H,34,41)(H,35,40)(H,36,38)/t26-/m0/s1. The first-order valence-corrected chi connectivity index (χ1v) is 15.4. The van der Waals surface area contributed by atoms with Gasteiger partial charge in [-0.05, 0) is 67.6 Å². The Morgan fingerprint density at radius 3 is 2.40 bits per heavy atom. The van der Waals surface area contributed by atoms with Gasteiger partial charge >= 0.3 is 0 Å². The molecule has 3 aromatic rings. The van der Waals surface area contributed by atoms with Crippen molar-refractivity contribution in [2.45, 2.75) is 37.6 Å². The van der Waals surface area contributed by atoms with Gasteiger partial charge in [-0.2, -0.15) is 0 Å². The van der Waals surface area contributed by atoms with E-state index in [-0.39, 0.29) is 43.7 Å². The van der Waals surface area contributed by atoms with E-state index in [0.29, 0.717) is 55.4 Å². The average Bonchev–Trinajstić information content (AvgIpc) is 3.79. The van der Waals surface area contributed by atoms with Crippen LogP contribution in [-0.2, 0) is 30.4 Å². The number of hydrogen-bond donors (Lipinski definition) is 4. The third-order valence-corrected chi connectivity index (χ3v) is 8.21. The number of carbonyl (C=O) groups excluding carboxylic acids is 4. The molecule has 1 atom stereocenters. The first kappa shape index (κ1) is 32.0. The number of rotatable bonds is 12. The molecule has 0 saturated carbocycles. The van der Waals surface area contributed by atoms with E-state index in [1.165, 1.54) is 40.5 Å². The summed E-state index contributed by atoms with van der Waals surface area (Å²) in [5.74, 6) is -2.02. The van der Waals surface area contributed by atoms with Crippen LogP contribution in [0.3, 0.4) is 0 Å². The average molecular weight is 640 g/mol. The van der Waals surface area contributed by atoms with Crippen LogP contribution in [0.4, 0.5) is 10.1 Å². The molecule has 45 heavy (non-hydrogen) atoms. The summed E-state index contributed by atoms with van der Waals surface area (Å²) >= 11 is 1.38. The summed E-state index contributed by atoms with van der Waals surface area (Å²) in [6.45, 7) is 1.04. The Hall–Kier alpha value is -4.37. The first-order valence-electron chi connectivity index (χ1n) is 14.5. The van der Waals surface area contributed by atoms with Gasteiger partial charge < -0.3 is 40.8 Å². The molecule has 2 fully saturated rings. The highest BCUT2D eigenvalue weighted by molar-refractivity contribution is 7.10. The number of anilines is 1. The lowest BCUT2D eigenvalue weighted by molar-refractivity contribution is -0.152. The molecule has 0 aliphatic carbocycles. The number of amides is 4. The predicted octanol–water partition coefficient (Wildman–Crippen LogP) is 2.75. The second-order valence-electron chi connectivity index (χ2n) is 10.6. The lowest BCUT2D eigenvalue weighted by atomic mass is 10.1. The van der Waals surface area contributed by atoms with Crippen molar-refractivity contribution < 1.29 is 37.8 Å². The summed E-state index contributed by atoms with van der Waals surface area (Å²) in [6, 6.07) is 12.7. The molecule has 5 N–H and O–H groups in total. The molecule has 0 radical (unpaired) electrons. The van der Waals surface area contributed by atoms with E-state index < -0.39 is 23.6 Å². The van der Waals surface area contributed by atoms with Crippen LogP contribution in [0.2, 0.25) is 0 Å². The number of nitrogens with one attached hydrogen (secondary N) is 3. The fourth-order valence-electron chi connectivity index (χ4n) is 5.03. The normalized spacial score (nSPS) is 16.8. The number of likely N-dealkylation sites (tertiary alicyclic amines) is 1. The lowest BCUT2D eigenvalue weighted by Gasteiger charge is -2.24. The summed E-state index contributed by atoms with van der Waals surface area (Å²) < 4.78 is 30.3. The van der Waals surface area contributed by atoms with Gasteiger partial charge in [0.1, 0.15) is 23.4 Å². The highest BCUT2D eigenvalue weighted by atomic mass is 32.1. The number of nitrogens with two attached hydrogens (primary N) is 1. The maximum atomic E-state index is 13.3. The van der Waals surface area contributed by atoms with Crippen LogP contribution in [-0.4, -0.2) is 73.2 Å². The Balaban J connectivity index is 1.15. The van der Waals surface area contributed by atoms with Crippen LogP contribution >= 0.6 is 11.3 Å². The van der Waals surface area contributed by atoms with Crippen LogP contribution in [0.5, 0.6) is 11.5 Å².